The summed E-state index contributed by atoms with van der Waals surface area (Å²) in [6.07, 6.45) is 0.358. The van der Waals surface area contributed by atoms with Gasteiger partial charge in [-0.15, -0.1) is 0 Å². The lowest BCUT2D eigenvalue weighted by molar-refractivity contribution is -0.0662. The molecule has 0 aromatic heterocycles. The van der Waals surface area contributed by atoms with Crippen molar-refractivity contribution in [2.75, 3.05) is 13.2 Å². The SMILES string of the molecule is CC(C)(C)OC(=O)NCCC[C@H]1OC(C)(C)N(C(=O)c2ccc(OCc3ccccc3)cc2)[C@@H]1CO. The molecule has 1 heterocycles. The lowest BCUT2D eigenvalue weighted by Crippen LogP contribution is -2.49. The minimum absolute atomic E-state index is 0.219. The predicted octanol–water partition coefficient (Wildman–Crippen LogP) is 4.51. The normalized spacial score (nSPS) is 19.1. The van der Waals surface area contributed by atoms with Crippen molar-refractivity contribution in [1.29, 1.82) is 0 Å². The Morgan fingerprint density at radius 1 is 1.08 bits per heavy atom. The fraction of sp³-hybridized carbons (Fsp3) is 0.500. The van der Waals surface area contributed by atoms with E-state index in [0.29, 0.717) is 37.3 Å². The van der Waals surface area contributed by atoms with E-state index in [0.717, 1.165) is 5.56 Å². The van der Waals surface area contributed by atoms with Gasteiger partial charge in [-0.05, 0) is 77.3 Å². The maximum atomic E-state index is 13.4. The van der Waals surface area contributed by atoms with Crippen LogP contribution in [-0.4, -0.2) is 58.6 Å². The summed E-state index contributed by atoms with van der Waals surface area (Å²) < 4.78 is 17.3. The third kappa shape index (κ3) is 7.45. The Morgan fingerprint density at radius 2 is 1.75 bits per heavy atom. The molecule has 1 saturated heterocycles. The third-order valence-corrected chi connectivity index (χ3v) is 5.87. The Balaban J connectivity index is 1.57. The molecule has 2 amide bonds. The van der Waals surface area contributed by atoms with E-state index in [9.17, 15) is 14.7 Å². The van der Waals surface area contributed by atoms with Crippen LogP contribution >= 0.6 is 0 Å². The Bertz CT molecular complexity index is 1000. The Morgan fingerprint density at radius 3 is 2.36 bits per heavy atom. The topological polar surface area (TPSA) is 97.3 Å². The molecule has 196 valence electrons. The maximum absolute atomic E-state index is 13.4. The van der Waals surface area contributed by atoms with Gasteiger partial charge in [0.1, 0.15) is 23.7 Å². The molecule has 1 fully saturated rings. The van der Waals surface area contributed by atoms with Gasteiger partial charge in [0.25, 0.3) is 5.91 Å². The Hall–Kier alpha value is -3.10. The molecular weight excluding hydrogens is 460 g/mol. The van der Waals surface area contributed by atoms with Crippen molar-refractivity contribution in [3.8, 4) is 5.75 Å². The molecule has 1 aliphatic heterocycles. The van der Waals surface area contributed by atoms with E-state index < -0.39 is 23.5 Å². The number of amides is 2. The number of nitrogens with one attached hydrogen (secondary N) is 1. The van der Waals surface area contributed by atoms with E-state index in [-0.39, 0.29) is 18.6 Å². The molecule has 2 aromatic carbocycles. The number of hydrogen-bond acceptors (Lipinski definition) is 6. The largest absolute Gasteiger partial charge is 0.489 e. The second kappa shape index (κ2) is 11.8. The van der Waals surface area contributed by atoms with Crippen molar-refractivity contribution in [3.63, 3.8) is 0 Å². The summed E-state index contributed by atoms with van der Waals surface area (Å²) in [6.45, 7) is 9.70. The van der Waals surface area contributed by atoms with Gasteiger partial charge in [0, 0.05) is 12.1 Å². The van der Waals surface area contributed by atoms with Crippen LogP contribution in [0.15, 0.2) is 54.6 Å². The third-order valence-electron chi connectivity index (χ3n) is 5.87. The number of hydrogen-bond donors (Lipinski definition) is 2. The first-order valence-electron chi connectivity index (χ1n) is 12.4. The smallest absolute Gasteiger partial charge is 0.407 e. The van der Waals surface area contributed by atoms with Crippen molar-refractivity contribution >= 4 is 12.0 Å². The number of benzene rings is 2. The quantitative estimate of drug-likeness (QED) is 0.494. The van der Waals surface area contributed by atoms with Gasteiger partial charge in [-0.3, -0.25) is 4.79 Å². The van der Waals surface area contributed by atoms with Gasteiger partial charge in [0.15, 0.2) is 0 Å². The van der Waals surface area contributed by atoms with Gasteiger partial charge in [0.2, 0.25) is 0 Å². The van der Waals surface area contributed by atoms with Crippen LogP contribution in [0.1, 0.15) is 63.4 Å². The fourth-order valence-corrected chi connectivity index (χ4v) is 4.30. The first-order valence-corrected chi connectivity index (χ1v) is 12.4. The van der Waals surface area contributed by atoms with Gasteiger partial charge in [-0.2, -0.15) is 0 Å². The molecule has 8 heteroatoms. The minimum atomic E-state index is -0.893. The standard InChI is InChI=1S/C28H38N2O6/c1-27(2,3)36-26(33)29-17-9-12-24-23(18-31)30(28(4,5)35-24)25(32)21-13-15-22(16-14-21)34-19-20-10-7-6-8-11-20/h6-8,10-11,13-16,23-24,31H,9,12,17-19H2,1-5H3,(H,29,33)/t23-,24-/m1/s1. The van der Waals surface area contributed by atoms with Crippen LogP contribution in [0, 0.1) is 0 Å². The molecule has 0 aliphatic carbocycles. The highest BCUT2D eigenvalue weighted by Gasteiger charge is 2.49. The molecule has 8 nitrogen and oxygen atoms in total. The van der Waals surface area contributed by atoms with Crippen molar-refractivity contribution in [3.05, 3.63) is 65.7 Å². The van der Waals surface area contributed by atoms with Crippen LogP contribution in [0.3, 0.4) is 0 Å². The van der Waals surface area contributed by atoms with Crippen molar-refractivity contribution in [2.24, 2.45) is 0 Å². The molecule has 2 aromatic rings. The number of alkyl carbamates (subject to hydrolysis) is 1. The average Bonchev–Trinajstić information content (AvgIpc) is 3.09. The highest BCUT2D eigenvalue weighted by atomic mass is 16.6. The molecule has 2 atom stereocenters. The molecule has 3 rings (SSSR count). The zero-order chi connectivity index (χ0) is 26.3. The lowest BCUT2D eigenvalue weighted by Gasteiger charge is -2.33. The van der Waals surface area contributed by atoms with Crippen LogP contribution in [0.5, 0.6) is 5.75 Å². The zero-order valence-corrected chi connectivity index (χ0v) is 21.8. The summed E-state index contributed by atoms with van der Waals surface area (Å²) in [5.41, 5.74) is 0.102. The van der Waals surface area contributed by atoms with E-state index in [2.05, 4.69) is 5.32 Å². The van der Waals surface area contributed by atoms with Crippen LogP contribution in [-0.2, 0) is 16.1 Å². The molecule has 0 spiro atoms. The van der Waals surface area contributed by atoms with Gasteiger partial charge in [-0.1, -0.05) is 30.3 Å². The van der Waals surface area contributed by atoms with Crippen LogP contribution in [0.2, 0.25) is 0 Å². The van der Waals surface area contributed by atoms with E-state index in [4.69, 9.17) is 14.2 Å². The molecule has 0 bridgehead atoms. The number of rotatable bonds is 9. The molecule has 0 radical (unpaired) electrons. The van der Waals surface area contributed by atoms with Crippen LogP contribution in [0.4, 0.5) is 4.79 Å². The molecule has 0 unspecified atom stereocenters. The molecule has 1 aliphatic rings. The van der Waals surface area contributed by atoms with Gasteiger partial charge in [0.05, 0.1) is 18.8 Å². The molecule has 36 heavy (non-hydrogen) atoms. The molecule has 2 N–H and O–H groups in total. The highest BCUT2D eigenvalue weighted by Crippen LogP contribution is 2.35. The second-order valence-electron chi connectivity index (χ2n) is 10.4. The molecular formula is C28H38N2O6. The monoisotopic (exact) mass is 498 g/mol. The summed E-state index contributed by atoms with van der Waals surface area (Å²) in [4.78, 5) is 26.9. The number of carbonyl (C=O) groups excluding carboxylic acids is 2. The summed E-state index contributed by atoms with van der Waals surface area (Å²) in [5.74, 6) is 0.449. The van der Waals surface area contributed by atoms with E-state index in [1.165, 1.54) is 0 Å². The summed E-state index contributed by atoms with van der Waals surface area (Å²) in [5, 5.41) is 12.9. The number of nitrogens with zero attached hydrogens (tertiary/aromatic N) is 1. The molecule has 0 saturated carbocycles. The first-order chi connectivity index (χ1) is 17.0. The van der Waals surface area contributed by atoms with E-state index >= 15 is 0 Å². The lowest BCUT2D eigenvalue weighted by atomic mass is 10.0. The number of ether oxygens (including phenoxy) is 3. The number of aliphatic hydroxyl groups is 1. The average molecular weight is 499 g/mol. The van der Waals surface area contributed by atoms with Crippen LogP contribution in [0.25, 0.3) is 0 Å². The van der Waals surface area contributed by atoms with Crippen molar-refractivity contribution in [1.82, 2.24) is 10.2 Å². The number of carbonyl (C=O) groups is 2. The fourth-order valence-electron chi connectivity index (χ4n) is 4.30. The van der Waals surface area contributed by atoms with E-state index in [1.54, 1.807) is 29.2 Å². The summed E-state index contributed by atoms with van der Waals surface area (Å²) in [7, 11) is 0. The van der Waals surface area contributed by atoms with Gasteiger partial charge in [-0.25, -0.2) is 4.79 Å². The first kappa shape index (κ1) is 27.5. The van der Waals surface area contributed by atoms with Crippen molar-refractivity contribution in [2.45, 2.75) is 77.5 Å². The van der Waals surface area contributed by atoms with Crippen LogP contribution < -0.4 is 10.1 Å². The minimum Gasteiger partial charge on any atom is -0.489 e. The second-order valence-corrected chi connectivity index (χ2v) is 10.4. The van der Waals surface area contributed by atoms with Gasteiger partial charge >= 0.3 is 6.09 Å². The summed E-state index contributed by atoms with van der Waals surface area (Å²) in [6, 6.07) is 16.4. The van der Waals surface area contributed by atoms with Crippen molar-refractivity contribution < 1.29 is 28.9 Å². The Kier molecular flexibility index (Phi) is 8.98. The summed E-state index contributed by atoms with van der Waals surface area (Å²) >= 11 is 0. The Labute approximate surface area is 213 Å². The zero-order valence-electron chi connectivity index (χ0n) is 21.8. The highest BCUT2D eigenvalue weighted by molar-refractivity contribution is 5.95. The van der Waals surface area contributed by atoms with Gasteiger partial charge < -0.3 is 29.5 Å². The number of aliphatic hydroxyl groups excluding tert-OH is 1. The van der Waals surface area contributed by atoms with E-state index in [1.807, 2.05) is 65.0 Å². The predicted molar refractivity (Wildman–Crippen MR) is 137 cm³/mol. The maximum Gasteiger partial charge on any atom is 0.407 e.